The quantitative estimate of drug-likeness (QED) is 0.779. The average Bonchev–Trinajstić information content (AvgIpc) is 2.84. The van der Waals surface area contributed by atoms with Gasteiger partial charge in [-0.25, -0.2) is 25.9 Å². The van der Waals surface area contributed by atoms with Gasteiger partial charge >= 0.3 is 0 Å². The number of sulfonamides is 2. The predicted molar refractivity (Wildman–Crippen MR) is 87.1 cm³/mol. The minimum Gasteiger partial charge on any atom is -0.379 e. The molecular weight excluding hydrogens is 340 g/mol. The number of nitrogens with zero attached hydrogens (tertiary/aromatic N) is 1. The molecule has 1 heterocycles. The summed E-state index contributed by atoms with van der Waals surface area (Å²) in [5.74, 6) is -0.567. The van der Waals surface area contributed by atoms with Gasteiger partial charge in [0.15, 0.2) is 0 Å². The molecule has 7 nitrogen and oxygen atoms in total. The van der Waals surface area contributed by atoms with Gasteiger partial charge in [0.05, 0.1) is 29.9 Å². The molecule has 23 heavy (non-hydrogen) atoms. The van der Waals surface area contributed by atoms with Crippen LogP contribution in [-0.2, 0) is 24.8 Å². The van der Waals surface area contributed by atoms with E-state index in [0.29, 0.717) is 0 Å². The lowest BCUT2D eigenvalue weighted by Gasteiger charge is -2.21. The van der Waals surface area contributed by atoms with Crippen molar-refractivity contribution in [3.8, 4) is 0 Å². The number of aryl methyl sites for hydroxylation is 1. The maximum absolute atomic E-state index is 12.5. The van der Waals surface area contributed by atoms with Gasteiger partial charge in [-0.05, 0) is 24.6 Å². The Labute approximate surface area is 137 Å². The number of hydrogen-bond donors (Lipinski definition) is 1. The van der Waals surface area contributed by atoms with Crippen molar-refractivity contribution in [2.24, 2.45) is 5.92 Å². The highest BCUT2D eigenvalue weighted by atomic mass is 32.2. The molecule has 0 unspecified atom stereocenters. The van der Waals surface area contributed by atoms with E-state index in [1.165, 1.54) is 20.2 Å². The summed E-state index contributed by atoms with van der Waals surface area (Å²) in [4.78, 5) is 0.165. The van der Waals surface area contributed by atoms with Crippen molar-refractivity contribution in [1.29, 1.82) is 0 Å². The van der Waals surface area contributed by atoms with Gasteiger partial charge in [0.1, 0.15) is 0 Å². The van der Waals surface area contributed by atoms with Crippen molar-refractivity contribution in [2.75, 3.05) is 33.1 Å². The molecule has 0 aromatic heterocycles. The van der Waals surface area contributed by atoms with E-state index in [9.17, 15) is 16.8 Å². The molecule has 0 spiro atoms. The minimum absolute atomic E-state index is 0.152. The summed E-state index contributed by atoms with van der Waals surface area (Å²) in [6.45, 7) is 2.19. The molecule has 0 aliphatic carbocycles. The monoisotopic (exact) mass is 362 g/mol. The van der Waals surface area contributed by atoms with Gasteiger partial charge in [0.25, 0.3) is 0 Å². The lowest BCUT2D eigenvalue weighted by molar-refractivity contribution is 0.185. The molecule has 130 valence electrons. The molecule has 1 saturated heterocycles. The van der Waals surface area contributed by atoms with Crippen LogP contribution in [0.3, 0.4) is 0 Å². The second-order valence-corrected chi connectivity index (χ2v) is 9.84. The molecule has 1 N–H and O–H groups in total. The highest BCUT2D eigenvalue weighted by Crippen LogP contribution is 2.20. The lowest BCUT2D eigenvalue weighted by Crippen LogP contribution is -2.43. The molecule has 1 aromatic rings. The first-order valence-electron chi connectivity index (χ1n) is 7.19. The van der Waals surface area contributed by atoms with Crippen molar-refractivity contribution in [2.45, 2.75) is 17.9 Å². The number of hydrogen-bond acceptors (Lipinski definition) is 5. The van der Waals surface area contributed by atoms with Gasteiger partial charge in [-0.1, -0.05) is 12.1 Å². The second-order valence-electron chi connectivity index (χ2n) is 5.90. The van der Waals surface area contributed by atoms with E-state index in [0.717, 1.165) is 9.87 Å². The van der Waals surface area contributed by atoms with Crippen molar-refractivity contribution in [3.05, 3.63) is 29.8 Å². The highest BCUT2D eigenvalue weighted by Gasteiger charge is 2.35. The van der Waals surface area contributed by atoms with Crippen LogP contribution < -0.4 is 4.72 Å². The van der Waals surface area contributed by atoms with E-state index in [1.54, 1.807) is 12.1 Å². The molecule has 0 saturated carbocycles. The van der Waals surface area contributed by atoms with Crippen molar-refractivity contribution in [3.63, 3.8) is 0 Å². The van der Waals surface area contributed by atoms with E-state index < -0.39 is 32.0 Å². The lowest BCUT2D eigenvalue weighted by atomic mass is 10.1. The maximum atomic E-state index is 12.5. The molecule has 2 atom stereocenters. The van der Waals surface area contributed by atoms with Crippen LogP contribution in [-0.4, -0.2) is 60.2 Å². The summed E-state index contributed by atoms with van der Waals surface area (Å²) >= 11 is 0. The van der Waals surface area contributed by atoms with Crippen LogP contribution in [0, 0.1) is 12.8 Å². The Kier molecular flexibility index (Phi) is 5.47. The third kappa shape index (κ3) is 4.51. The normalized spacial score (nSPS) is 22.6. The van der Waals surface area contributed by atoms with Crippen LogP contribution in [0.1, 0.15) is 5.56 Å². The molecule has 1 aliphatic rings. The molecule has 9 heteroatoms. The Morgan fingerprint density at radius 2 is 1.91 bits per heavy atom. The minimum atomic E-state index is -3.71. The predicted octanol–water partition coefficient (Wildman–Crippen LogP) is 0.180. The summed E-state index contributed by atoms with van der Waals surface area (Å²) < 4.78 is 57.9. The summed E-state index contributed by atoms with van der Waals surface area (Å²) in [5, 5.41) is 0. The largest absolute Gasteiger partial charge is 0.379 e. The zero-order chi connectivity index (χ0) is 17.3. The van der Waals surface area contributed by atoms with Crippen LogP contribution in [0.25, 0.3) is 0 Å². The fraction of sp³-hybridized carbons (Fsp3) is 0.571. The topological polar surface area (TPSA) is 92.8 Å². The van der Waals surface area contributed by atoms with Crippen LogP contribution in [0.5, 0.6) is 0 Å². The fourth-order valence-electron chi connectivity index (χ4n) is 2.36. The van der Waals surface area contributed by atoms with Gasteiger partial charge in [-0.2, -0.15) is 0 Å². The highest BCUT2D eigenvalue weighted by molar-refractivity contribution is 7.89. The standard InChI is InChI=1S/C14H22N2O5S2/c1-11-5-4-6-13(7-11)23(19,20)15-14-9-21-8-12(14)10-22(17,18)16(2)3/h4-7,12,14-15H,8-10H2,1-3H3/t12-,14-/m0/s1. The van der Waals surface area contributed by atoms with E-state index in [-0.39, 0.29) is 23.9 Å². The second kappa shape index (κ2) is 6.86. The summed E-state index contributed by atoms with van der Waals surface area (Å²) in [6.07, 6.45) is 0. The molecule has 0 amide bonds. The number of ether oxygens (including phenoxy) is 1. The van der Waals surface area contributed by atoms with Crippen molar-refractivity contribution < 1.29 is 21.6 Å². The number of benzene rings is 1. The van der Waals surface area contributed by atoms with Gasteiger partial charge in [-0.3, -0.25) is 0 Å². The fourth-order valence-corrected chi connectivity index (χ4v) is 4.92. The molecule has 1 aliphatic heterocycles. The van der Waals surface area contributed by atoms with Crippen molar-refractivity contribution >= 4 is 20.0 Å². The third-order valence-electron chi connectivity index (χ3n) is 3.79. The molecule has 0 radical (unpaired) electrons. The molecule has 1 fully saturated rings. The van der Waals surface area contributed by atoms with Crippen LogP contribution in [0.2, 0.25) is 0 Å². The van der Waals surface area contributed by atoms with Crippen LogP contribution in [0.15, 0.2) is 29.2 Å². The van der Waals surface area contributed by atoms with Crippen molar-refractivity contribution in [1.82, 2.24) is 9.03 Å². The first-order valence-corrected chi connectivity index (χ1v) is 10.3. The Bertz CT molecular complexity index is 759. The zero-order valence-electron chi connectivity index (χ0n) is 13.4. The van der Waals surface area contributed by atoms with E-state index >= 15 is 0 Å². The van der Waals surface area contributed by atoms with Crippen LogP contribution >= 0.6 is 0 Å². The Hall–Kier alpha value is -1.00. The summed E-state index contributed by atoms with van der Waals surface area (Å²) in [6, 6.07) is 6.00. The van der Waals surface area contributed by atoms with Gasteiger partial charge in [-0.15, -0.1) is 0 Å². The first-order chi connectivity index (χ1) is 10.6. The van der Waals surface area contributed by atoms with Crippen LogP contribution in [0.4, 0.5) is 0 Å². The Morgan fingerprint density at radius 1 is 1.22 bits per heavy atom. The van der Waals surface area contributed by atoms with Gasteiger partial charge in [0.2, 0.25) is 20.0 Å². The molecule has 2 rings (SSSR count). The SMILES string of the molecule is Cc1cccc(S(=O)(=O)N[C@H]2COC[C@H]2CS(=O)(=O)N(C)C)c1. The average molecular weight is 362 g/mol. The summed E-state index contributed by atoms with van der Waals surface area (Å²) in [5.41, 5.74) is 0.835. The Balaban J connectivity index is 2.15. The van der Waals surface area contributed by atoms with E-state index in [4.69, 9.17) is 4.74 Å². The van der Waals surface area contributed by atoms with E-state index in [2.05, 4.69) is 4.72 Å². The molecular formula is C14H22N2O5S2. The van der Waals surface area contributed by atoms with E-state index in [1.807, 2.05) is 13.0 Å². The number of rotatable bonds is 6. The van der Waals surface area contributed by atoms with Gasteiger partial charge in [0, 0.05) is 20.0 Å². The third-order valence-corrected chi connectivity index (χ3v) is 7.24. The van der Waals surface area contributed by atoms with Gasteiger partial charge < -0.3 is 4.74 Å². The molecule has 0 bridgehead atoms. The molecule has 1 aromatic carbocycles. The zero-order valence-corrected chi connectivity index (χ0v) is 15.0. The first kappa shape index (κ1) is 18.3. The summed E-state index contributed by atoms with van der Waals surface area (Å²) in [7, 11) is -4.23. The number of nitrogens with one attached hydrogen (secondary N) is 1. The Morgan fingerprint density at radius 3 is 2.52 bits per heavy atom. The smallest absolute Gasteiger partial charge is 0.240 e. The maximum Gasteiger partial charge on any atom is 0.240 e.